The fraction of sp³-hybridized carbons (Fsp3) is 0.375. The normalized spacial score (nSPS) is 18.8. The van der Waals surface area contributed by atoms with Gasteiger partial charge in [-0.15, -0.1) is 0 Å². The largest absolute Gasteiger partial charge is 0.342 e. The van der Waals surface area contributed by atoms with Crippen LogP contribution in [0.4, 0.5) is 10.5 Å². The van der Waals surface area contributed by atoms with E-state index in [9.17, 15) is 14.4 Å². The molecule has 4 rings (SSSR count). The average Bonchev–Trinajstić information content (AvgIpc) is 3.09. The van der Waals surface area contributed by atoms with E-state index in [4.69, 9.17) is 0 Å². The molecule has 0 bridgehead atoms. The first-order valence-corrected chi connectivity index (χ1v) is 10.6. The van der Waals surface area contributed by atoms with Crippen molar-refractivity contribution in [3.63, 3.8) is 0 Å². The van der Waals surface area contributed by atoms with Gasteiger partial charge in [-0.1, -0.05) is 55.5 Å². The molecule has 0 aliphatic carbocycles. The summed E-state index contributed by atoms with van der Waals surface area (Å²) in [4.78, 5) is 43.4. The first kappa shape index (κ1) is 20.1. The number of para-hydroxylation sites is 1. The molecule has 0 radical (unpaired) electrons. The zero-order valence-corrected chi connectivity index (χ0v) is 17.2. The van der Waals surface area contributed by atoms with Crippen molar-refractivity contribution in [2.24, 2.45) is 0 Å². The molecule has 1 atom stereocenters. The molecular weight excluding hydrogens is 378 g/mol. The van der Waals surface area contributed by atoms with Crippen molar-refractivity contribution in [3.05, 3.63) is 66.2 Å². The van der Waals surface area contributed by atoms with E-state index in [0.717, 1.165) is 12.0 Å². The van der Waals surface area contributed by atoms with Crippen LogP contribution >= 0.6 is 0 Å². The summed E-state index contributed by atoms with van der Waals surface area (Å²) >= 11 is 0. The van der Waals surface area contributed by atoms with Crippen molar-refractivity contribution >= 4 is 23.5 Å². The van der Waals surface area contributed by atoms with Gasteiger partial charge in [-0.25, -0.2) is 9.69 Å². The van der Waals surface area contributed by atoms with Crippen LogP contribution in [0.2, 0.25) is 0 Å². The van der Waals surface area contributed by atoms with Crippen LogP contribution in [0.5, 0.6) is 0 Å². The van der Waals surface area contributed by atoms with Crippen LogP contribution in [0.15, 0.2) is 60.7 Å². The molecule has 156 valence electrons. The number of amides is 4. The number of carbonyl (C=O) groups excluding carboxylic acids is 3. The van der Waals surface area contributed by atoms with E-state index in [1.165, 1.54) is 4.90 Å². The Morgan fingerprint density at radius 3 is 2.17 bits per heavy atom. The predicted molar refractivity (Wildman–Crippen MR) is 115 cm³/mol. The average molecular weight is 405 g/mol. The highest BCUT2D eigenvalue weighted by atomic mass is 16.2. The summed E-state index contributed by atoms with van der Waals surface area (Å²) in [6, 6.07) is 18.7. The van der Waals surface area contributed by atoms with E-state index < -0.39 is 0 Å². The van der Waals surface area contributed by atoms with Crippen molar-refractivity contribution in [1.82, 2.24) is 9.80 Å². The number of imide groups is 1. The molecule has 2 heterocycles. The highest BCUT2D eigenvalue weighted by Gasteiger charge is 2.42. The first-order valence-electron chi connectivity index (χ1n) is 10.6. The van der Waals surface area contributed by atoms with Crippen LogP contribution in [0.1, 0.15) is 37.7 Å². The maximum absolute atomic E-state index is 13.1. The number of urea groups is 1. The van der Waals surface area contributed by atoms with Crippen LogP contribution in [0.25, 0.3) is 0 Å². The summed E-state index contributed by atoms with van der Waals surface area (Å²) in [6.07, 6.45) is 2.14. The maximum Gasteiger partial charge on any atom is 0.332 e. The second kappa shape index (κ2) is 8.69. The highest BCUT2D eigenvalue weighted by molar-refractivity contribution is 6.19. The molecule has 6 heteroatoms. The van der Waals surface area contributed by atoms with E-state index in [0.29, 0.717) is 31.6 Å². The zero-order valence-electron chi connectivity index (χ0n) is 17.2. The molecule has 2 aliphatic heterocycles. The Bertz CT molecular complexity index is 908. The molecule has 0 N–H and O–H groups in total. The fourth-order valence-electron chi connectivity index (χ4n) is 4.49. The number of anilines is 1. The standard InChI is InChI=1S/C24H27N3O3/c1-2-21(18-9-5-3-6-10-18)23(29)25-15-13-19(14-16-25)26-17-22(28)27(24(26)30)20-11-7-4-8-12-20/h3-12,19,21H,2,13-17H2,1H3/t21-/m0/s1. The maximum atomic E-state index is 13.1. The Balaban J connectivity index is 1.39. The Labute approximate surface area is 177 Å². The monoisotopic (exact) mass is 405 g/mol. The van der Waals surface area contributed by atoms with Crippen molar-refractivity contribution < 1.29 is 14.4 Å². The third-order valence-electron chi connectivity index (χ3n) is 6.13. The SMILES string of the molecule is CC[C@H](C(=O)N1CCC(N2CC(=O)N(c3ccccc3)C2=O)CC1)c1ccccc1. The number of likely N-dealkylation sites (tertiary alicyclic amines) is 1. The number of hydrogen-bond donors (Lipinski definition) is 0. The summed E-state index contributed by atoms with van der Waals surface area (Å²) in [5.41, 5.74) is 1.65. The van der Waals surface area contributed by atoms with Gasteiger partial charge in [0.15, 0.2) is 0 Å². The van der Waals surface area contributed by atoms with E-state index in [-0.39, 0.29) is 36.3 Å². The van der Waals surface area contributed by atoms with E-state index in [1.807, 2.05) is 60.4 Å². The molecule has 0 aromatic heterocycles. The molecule has 2 aromatic rings. The van der Waals surface area contributed by atoms with E-state index in [1.54, 1.807) is 17.0 Å². The Hall–Kier alpha value is -3.15. The van der Waals surface area contributed by atoms with Crippen molar-refractivity contribution in [1.29, 1.82) is 0 Å². The minimum atomic E-state index is -0.258. The number of hydrogen-bond acceptors (Lipinski definition) is 3. The Morgan fingerprint density at radius 2 is 1.57 bits per heavy atom. The second-order valence-corrected chi connectivity index (χ2v) is 7.90. The first-order chi connectivity index (χ1) is 14.6. The minimum absolute atomic E-state index is 0.0176. The fourth-order valence-corrected chi connectivity index (χ4v) is 4.49. The summed E-state index contributed by atoms with van der Waals surface area (Å²) in [6.45, 7) is 3.36. The summed E-state index contributed by atoms with van der Waals surface area (Å²) in [5.74, 6) is -0.178. The molecular formula is C24H27N3O3. The third-order valence-corrected chi connectivity index (χ3v) is 6.13. The van der Waals surface area contributed by atoms with Crippen LogP contribution in [-0.2, 0) is 9.59 Å². The molecule has 4 amide bonds. The molecule has 2 aromatic carbocycles. The summed E-state index contributed by atoms with van der Waals surface area (Å²) in [5, 5.41) is 0. The van der Waals surface area contributed by atoms with Crippen molar-refractivity contribution in [2.45, 2.75) is 38.1 Å². The van der Waals surface area contributed by atoms with Crippen LogP contribution in [0, 0.1) is 0 Å². The highest BCUT2D eigenvalue weighted by Crippen LogP contribution is 2.28. The van der Waals surface area contributed by atoms with Gasteiger partial charge in [-0.3, -0.25) is 9.59 Å². The van der Waals surface area contributed by atoms with Gasteiger partial charge in [0, 0.05) is 19.1 Å². The van der Waals surface area contributed by atoms with Gasteiger partial charge in [-0.2, -0.15) is 0 Å². The smallest absolute Gasteiger partial charge is 0.332 e. The minimum Gasteiger partial charge on any atom is -0.342 e. The predicted octanol–water partition coefficient (Wildman–Crippen LogP) is 3.64. The van der Waals surface area contributed by atoms with Gasteiger partial charge >= 0.3 is 6.03 Å². The third kappa shape index (κ3) is 3.82. The van der Waals surface area contributed by atoms with E-state index in [2.05, 4.69) is 0 Å². The molecule has 2 aliphatic rings. The van der Waals surface area contributed by atoms with Crippen LogP contribution in [-0.4, -0.2) is 53.3 Å². The number of nitrogens with zero attached hydrogens (tertiary/aromatic N) is 3. The molecule has 0 spiro atoms. The Morgan fingerprint density at radius 1 is 0.967 bits per heavy atom. The van der Waals surface area contributed by atoms with Gasteiger partial charge < -0.3 is 9.80 Å². The van der Waals surface area contributed by atoms with Gasteiger partial charge in [0.1, 0.15) is 6.54 Å². The molecule has 6 nitrogen and oxygen atoms in total. The lowest BCUT2D eigenvalue weighted by molar-refractivity contribution is -0.134. The number of rotatable bonds is 5. The van der Waals surface area contributed by atoms with Crippen LogP contribution in [0.3, 0.4) is 0 Å². The van der Waals surface area contributed by atoms with Gasteiger partial charge in [-0.05, 0) is 37.0 Å². The molecule has 0 unspecified atom stereocenters. The lowest BCUT2D eigenvalue weighted by atomic mass is 9.93. The lowest BCUT2D eigenvalue weighted by Crippen LogP contribution is -2.49. The number of carbonyl (C=O) groups is 3. The topological polar surface area (TPSA) is 60.9 Å². The van der Waals surface area contributed by atoms with Gasteiger partial charge in [0.2, 0.25) is 5.91 Å². The quantitative estimate of drug-likeness (QED) is 0.714. The molecule has 30 heavy (non-hydrogen) atoms. The van der Waals surface area contributed by atoms with Crippen molar-refractivity contribution in [3.8, 4) is 0 Å². The summed E-state index contributed by atoms with van der Waals surface area (Å²) in [7, 11) is 0. The van der Waals surface area contributed by atoms with Crippen LogP contribution < -0.4 is 4.90 Å². The van der Waals surface area contributed by atoms with Gasteiger partial charge in [0.25, 0.3) is 5.91 Å². The summed E-state index contributed by atoms with van der Waals surface area (Å²) < 4.78 is 0. The number of piperidine rings is 1. The lowest BCUT2D eigenvalue weighted by Gasteiger charge is -2.37. The molecule has 2 fully saturated rings. The molecule has 2 saturated heterocycles. The van der Waals surface area contributed by atoms with Crippen molar-refractivity contribution in [2.75, 3.05) is 24.5 Å². The zero-order chi connectivity index (χ0) is 21.1. The Kier molecular flexibility index (Phi) is 5.84. The van der Waals surface area contributed by atoms with Gasteiger partial charge in [0.05, 0.1) is 11.6 Å². The second-order valence-electron chi connectivity index (χ2n) is 7.90. The number of benzene rings is 2. The molecule has 0 saturated carbocycles. The van der Waals surface area contributed by atoms with E-state index >= 15 is 0 Å².